The molecule has 0 saturated heterocycles. The summed E-state index contributed by atoms with van der Waals surface area (Å²) in [4.78, 5) is 0. The normalized spacial score (nSPS) is 13.7. The third-order valence-electron chi connectivity index (χ3n) is 4.33. The second-order valence-corrected chi connectivity index (χ2v) is 8.89. The van der Waals surface area contributed by atoms with Gasteiger partial charge in [0.15, 0.2) is 9.84 Å². The summed E-state index contributed by atoms with van der Waals surface area (Å²) in [6, 6.07) is 0. The molecule has 0 saturated carbocycles. The Hall–Kier alpha value is -0.350. The smallest absolute Gasteiger partial charge is 0.176 e. The van der Waals surface area contributed by atoms with Gasteiger partial charge in [-0.2, -0.15) is 0 Å². The topological polar surface area (TPSA) is 54.4 Å². The molecule has 0 aromatic rings. The zero-order valence-electron chi connectivity index (χ0n) is 15.3. The van der Waals surface area contributed by atoms with E-state index in [4.69, 9.17) is 5.11 Å². The van der Waals surface area contributed by atoms with Crippen molar-refractivity contribution in [2.45, 2.75) is 103 Å². The van der Waals surface area contributed by atoms with Crippen LogP contribution in [0.25, 0.3) is 0 Å². The lowest BCUT2D eigenvalue weighted by atomic mass is 10.0. The summed E-state index contributed by atoms with van der Waals surface area (Å²) in [5, 5.41) is 9.45. The largest absolute Gasteiger partial charge is 0.395 e. The quantitative estimate of drug-likeness (QED) is 0.381. The van der Waals surface area contributed by atoms with Gasteiger partial charge >= 0.3 is 0 Å². The van der Waals surface area contributed by atoms with Gasteiger partial charge in [0, 0.05) is 5.41 Å². The van der Waals surface area contributed by atoms with Gasteiger partial charge in [0.05, 0.1) is 11.9 Å². The maximum absolute atomic E-state index is 11.6. The molecule has 138 valence electrons. The minimum absolute atomic E-state index is 0.314. The molecular formula is C19H38O3S. The highest BCUT2D eigenvalue weighted by atomic mass is 32.2. The van der Waals surface area contributed by atoms with E-state index in [1.54, 1.807) is 6.08 Å². The van der Waals surface area contributed by atoms with Crippen molar-refractivity contribution in [3.8, 4) is 0 Å². The van der Waals surface area contributed by atoms with Crippen LogP contribution in [0.3, 0.4) is 0 Å². The third kappa shape index (κ3) is 13.8. The van der Waals surface area contributed by atoms with Gasteiger partial charge in [-0.25, -0.2) is 8.42 Å². The molecule has 0 spiro atoms. The highest BCUT2D eigenvalue weighted by molar-refractivity contribution is 7.94. The monoisotopic (exact) mass is 346 g/mol. The second kappa shape index (κ2) is 15.2. The number of sulfone groups is 1. The van der Waals surface area contributed by atoms with Gasteiger partial charge in [-0.1, -0.05) is 83.6 Å². The molecule has 0 rings (SSSR count). The first-order valence-corrected chi connectivity index (χ1v) is 11.2. The molecule has 1 atom stereocenters. The summed E-state index contributed by atoms with van der Waals surface area (Å²) in [5.74, 6) is 0. The van der Waals surface area contributed by atoms with E-state index in [0.717, 1.165) is 12.8 Å². The molecule has 0 radical (unpaired) electrons. The molecule has 23 heavy (non-hydrogen) atoms. The van der Waals surface area contributed by atoms with Crippen LogP contribution in [0.5, 0.6) is 0 Å². The Bertz CT molecular complexity index is 374. The number of aliphatic hydroxyl groups excluding tert-OH is 1. The van der Waals surface area contributed by atoms with Crippen LogP contribution in [0.2, 0.25) is 0 Å². The van der Waals surface area contributed by atoms with Crippen molar-refractivity contribution in [2.24, 2.45) is 0 Å². The molecule has 0 fully saturated rings. The van der Waals surface area contributed by atoms with Gasteiger partial charge in [0.25, 0.3) is 0 Å². The maximum atomic E-state index is 11.6. The van der Waals surface area contributed by atoms with Crippen molar-refractivity contribution in [3.63, 3.8) is 0 Å². The van der Waals surface area contributed by atoms with Crippen LogP contribution in [-0.2, 0) is 9.84 Å². The van der Waals surface area contributed by atoms with Crippen molar-refractivity contribution in [3.05, 3.63) is 11.5 Å². The summed E-state index contributed by atoms with van der Waals surface area (Å²) >= 11 is 0. The van der Waals surface area contributed by atoms with Crippen molar-refractivity contribution < 1.29 is 13.5 Å². The summed E-state index contributed by atoms with van der Waals surface area (Å²) < 4.78 is 23.3. The highest BCUT2D eigenvalue weighted by Gasteiger charge is 2.15. The van der Waals surface area contributed by atoms with E-state index in [1.165, 1.54) is 83.0 Å². The van der Waals surface area contributed by atoms with Gasteiger partial charge in [0.2, 0.25) is 0 Å². The van der Waals surface area contributed by atoms with E-state index in [-0.39, 0.29) is 6.61 Å². The molecule has 0 aliphatic carbocycles. The second-order valence-electron chi connectivity index (χ2n) is 6.63. The number of hydrogen-bond donors (Lipinski definition) is 1. The first-order valence-electron chi connectivity index (χ1n) is 9.56. The number of hydrogen-bond acceptors (Lipinski definition) is 3. The van der Waals surface area contributed by atoms with Crippen LogP contribution in [0, 0.1) is 0 Å². The Morgan fingerprint density at radius 1 is 0.826 bits per heavy atom. The Labute approximate surface area is 144 Å². The summed E-state index contributed by atoms with van der Waals surface area (Å²) in [6.07, 6.45) is 18.3. The molecule has 0 aliphatic heterocycles. The van der Waals surface area contributed by atoms with Gasteiger partial charge in [-0.05, 0) is 19.8 Å². The number of aliphatic hydroxyl groups is 1. The molecule has 0 bridgehead atoms. The average molecular weight is 347 g/mol. The van der Waals surface area contributed by atoms with Crippen LogP contribution in [0.4, 0.5) is 0 Å². The number of rotatable bonds is 16. The standard InChI is InChI=1S/C19H38O3S/c1-3-4-5-6-7-8-9-10-11-12-13-14-15-16-17-23(21,22)19(2)18-20/h16-17,19-20H,3-15,18H2,1-2H3. The van der Waals surface area contributed by atoms with Gasteiger partial charge in [-0.3, -0.25) is 0 Å². The molecular weight excluding hydrogens is 308 g/mol. The summed E-state index contributed by atoms with van der Waals surface area (Å²) in [7, 11) is -3.26. The van der Waals surface area contributed by atoms with E-state index in [2.05, 4.69) is 6.92 Å². The first-order chi connectivity index (χ1) is 11.0. The molecule has 0 aromatic carbocycles. The first kappa shape index (κ1) is 22.6. The summed E-state index contributed by atoms with van der Waals surface area (Å²) in [6.45, 7) is 3.47. The molecule has 0 amide bonds. The summed E-state index contributed by atoms with van der Waals surface area (Å²) in [5.41, 5.74) is 0. The number of allylic oxidation sites excluding steroid dienone is 1. The Morgan fingerprint density at radius 3 is 1.70 bits per heavy atom. The third-order valence-corrected chi connectivity index (χ3v) is 6.17. The van der Waals surface area contributed by atoms with E-state index < -0.39 is 15.1 Å². The van der Waals surface area contributed by atoms with Gasteiger partial charge in [-0.15, -0.1) is 0 Å². The molecule has 3 nitrogen and oxygen atoms in total. The predicted molar refractivity (Wildman–Crippen MR) is 100 cm³/mol. The van der Waals surface area contributed by atoms with E-state index in [0.29, 0.717) is 0 Å². The van der Waals surface area contributed by atoms with E-state index in [1.807, 2.05) is 0 Å². The average Bonchev–Trinajstić information content (AvgIpc) is 2.54. The Balaban J connectivity index is 3.37. The number of unbranched alkanes of at least 4 members (excludes halogenated alkanes) is 12. The fourth-order valence-electron chi connectivity index (χ4n) is 2.54. The van der Waals surface area contributed by atoms with Crippen molar-refractivity contribution in [1.29, 1.82) is 0 Å². The molecule has 1 N–H and O–H groups in total. The zero-order chi connectivity index (χ0) is 17.4. The zero-order valence-corrected chi connectivity index (χ0v) is 16.1. The van der Waals surface area contributed by atoms with Crippen LogP contribution in [0.15, 0.2) is 11.5 Å². The minimum atomic E-state index is -3.26. The molecule has 4 heteroatoms. The van der Waals surface area contributed by atoms with Gasteiger partial charge in [0.1, 0.15) is 0 Å². The van der Waals surface area contributed by atoms with Crippen LogP contribution in [-0.4, -0.2) is 25.4 Å². The van der Waals surface area contributed by atoms with E-state index in [9.17, 15) is 8.42 Å². The Morgan fingerprint density at radius 2 is 1.26 bits per heavy atom. The predicted octanol–water partition coefficient (Wildman–Crippen LogP) is 5.39. The maximum Gasteiger partial charge on any atom is 0.176 e. The molecule has 1 unspecified atom stereocenters. The van der Waals surface area contributed by atoms with Crippen LogP contribution >= 0.6 is 0 Å². The SMILES string of the molecule is CCCCCCCCCCCCCCC=CS(=O)(=O)C(C)CO. The van der Waals surface area contributed by atoms with Crippen molar-refractivity contribution in [1.82, 2.24) is 0 Å². The molecule has 0 heterocycles. The van der Waals surface area contributed by atoms with Gasteiger partial charge < -0.3 is 5.11 Å². The van der Waals surface area contributed by atoms with E-state index >= 15 is 0 Å². The lowest BCUT2D eigenvalue weighted by molar-refractivity contribution is 0.296. The lowest BCUT2D eigenvalue weighted by Gasteiger charge is -2.04. The molecule has 0 aromatic heterocycles. The van der Waals surface area contributed by atoms with Crippen molar-refractivity contribution >= 4 is 9.84 Å². The molecule has 0 aliphatic rings. The minimum Gasteiger partial charge on any atom is -0.395 e. The van der Waals surface area contributed by atoms with Crippen LogP contribution in [0.1, 0.15) is 97.3 Å². The fraction of sp³-hybridized carbons (Fsp3) is 0.895. The Kier molecular flexibility index (Phi) is 15.0. The fourth-order valence-corrected chi connectivity index (χ4v) is 3.42. The highest BCUT2D eigenvalue weighted by Crippen LogP contribution is 2.13. The van der Waals surface area contributed by atoms with Crippen LogP contribution < -0.4 is 0 Å². The van der Waals surface area contributed by atoms with Crippen molar-refractivity contribution in [2.75, 3.05) is 6.61 Å². The lowest BCUT2D eigenvalue weighted by Crippen LogP contribution is -2.18.